The average molecular weight is 334 g/mol. The molecule has 1 nitrogen and oxygen atoms in total. The smallest absolute Gasteiger partial charge is 0.119 e. The molecule has 0 aliphatic rings. The quantitative estimate of drug-likeness (QED) is 0.402. The second kappa shape index (κ2) is 9.69. The summed E-state index contributed by atoms with van der Waals surface area (Å²) in [5, 5.41) is 0. The SMILES string of the molecule is CCCCCCCCOc1ccc(Br)c(CCl)c1. The van der Waals surface area contributed by atoms with E-state index in [9.17, 15) is 0 Å². The Kier molecular flexibility index (Phi) is 8.53. The highest BCUT2D eigenvalue weighted by atomic mass is 79.9. The zero-order valence-corrected chi connectivity index (χ0v) is 13.4. The maximum absolute atomic E-state index is 5.85. The minimum absolute atomic E-state index is 0.509. The van der Waals surface area contributed by atoms with Gasteiger partial charge in [-0.05, 0) is 30.2 Å². The van der Waals surface area contributed by atoms with Gasteiger partial charge in [0.05, 0.1) is 6.61 Å². The maximum Gasteiger partial charge on any atom is 0.119 e. The number of unbranched alkanes of at least 4 members (excludes halogenated alkanes) is 5. The van der Waals surface area contributed by atoms with Crippen LogP contribution in [0.5, 0.6) is 5.75 Å². The van der Waals surface area contributed by atoms with Gasteiger partial charge >= 0.3 is 0 Å². The lowest BCUT2D eigenvalue weighted by Gasteiger charge is -2.08. The Bertz CT molecular complexity index is 341. The lowest BCUT2D eigenvalue weighted by atomic mass is 10.1. The molecule has 0 heterocycles. The van der Waals surface area contributed by atoms with Crippen LogP contribution in [0.15, 0.2) is 22.7 Å². The molecule has 0 unspecified atom stereocenters. The number of benzene rings is 1. The van der Waals surface area contributed by atoms with Gasteiger partial charge in [-0.25, -0.2) is 0 Å². The van der Waals surface area contributed by atoms with Crippen LogP contribution >= 0.6 is 27.5 Å². The average Bonchev–Trinajstić information content (AvgIpc) is 2.39. The van der Waals surface area contributed by atoms with Crippen molar-refractivity contribution in [3.05, 3.63) is 28.2 Å². The van der Waals surface area contributed by atoms with E-state index in [1.807, 2.05) is 18.2 Å². The molecule has 102 valence electrons. The number of hydrogen-bond donors (Lipinski definition) is 0. The van der Waals surface area contributed by atoms with Crippen LogP contribution in [0.25, 0.3) is 0 Å². The zero-order chi connectivity index (χ0) is 13.2. The first-order valence-electron chi connectivity index (χ1n) is 6.75. The molecule has 0 N–H and O–H groups in total. The van der Waals surface area contributed by atoms with E-state index < -0.39 is 0 Å². The summed E-state index contributed by atoms with van der Waals surface area (Å²) >= 11 is 9.32. The molecular formula is C15H22BrClO. The van der Waals surface area contributed by atoms with Crippen molar-refractivity contribution in [3.63, 3.8) is 0 Å². The summed E-state index contributed by atoms with van der Waals surface area (Å²) < 4.78 is 6.78. The Hall–Kier alpha value is -0.210. The molecule has 18 heavy (non-hydrogen) atoms. The summed E-state index contributed by atoms with van der Waals surface area (Å²) in [6.07, 6.45) is 7.73. The fourth-order valence-electron chi connectivity index (χ4n) is 1.82. The molecule has 1 rings (SSSR count). The van der Waals surface area contributed by atoms with Crippen LogP contribution in [-0.4, -0.2) is 6.61 Å². The molecule has 0 amide bonds. The van der Waals surface area contributed by atoms with Crippen LogP contribution in [0.2, 0.25) is 0 Å². The van der Waals surface area contributed by atoms with Crippen LogP contribution in [0.4, 0.5) is 0 Å². The van der Waals surface area contributed by atoms with Crippen molar-refractivity contribution in [2.75, 3.05) is 6.61 Å². The third kappa shape index (κ3) is 6.10. The van der Waals surface area contributed by atoms with Gasteiger partial charge < -0.3 is 4.74 Å². The van der Waals surface area contributed by atoms with Crippen molar-refractivity contribution >= 4 is 27.5 Å². The summed E-state index contributed by atoms with van der Waals surface area (Å²) in [6, 6.07) is 5.99. The van der Waals surface area contributed by atoms with Crippen molar-refractivity contribution in [1.82, 2.24) is 0 Å². The largest absolute Gasteiger partial charge is 0.494 e. The first-order valence-corrected chi connectivity index (χ1v) is 8.08. The van der Waals surface area contributed by atoms with Gasteiger partial charge in [0.1, 0.15) is 5.75 Å². The van der Waals surface area contributed by atoms with E-state index in [0.29, 0.717) is 5.88 Å². The minimum atomic E-state index is 0.509. The summed E-state index contributed by atoms with van der Waals surface area (Å²) in [5.41, 5.74) is 1.08. The summed E-state index contributed by atoms with van der Waals surface area (Å²) in [7, 11) is 0. The normalized spacial score (nSPS) is 10.6. The van der Waals surface area contributed by atoms with E-state index in [1.165, 1.54) is 32.1 Å². The van der Waals surface area contributed by atoms with Crippen LogP contribution in [0.3, 0.4) is 0 Å². The Morgan fingerprint density at radius 2 is 1.83 bits per heavy atom. The van der Waals surface area contributed by atoms with E-state index in [4.69, 9.17) is 16.3 Å². The Morgan fingerprint density at radius 1 is 1.11 bits per heavy atom. The van der Waals surface area contributed by atoms with Crippen molar-refractivity contribution in [1.29, 1.82) is 0 Å². The lowest BCUT2D eigenvalue weighted by Crippen LogP contribution is -1.98. The van der Waals surface area contributed by atoms with Gasteiger partial charge in [0.25, 0.3) is 0 Å². The van der Waals surface area contributed by atoms with E-state index in [0.717, 1.165) is 28.8 Å². The monoisotopic (exact) mass is 332 g/mol. The highest BCUT2D eigenvalue weighted by Crippen LogP contribution is 2.24. The molecule has 0 saturated carbocycles. The van der Waals surface area contributed by atoms with Gasteiger partial charge in [-0.2, -0.15) is 0 Å². The number of alkyl halides is 1. The summed E-state index contributed by atoms with van der Waals surface area (Å²) in [4.78, 5) is 0. The van der Waals surface area contributed by atoms with Crippen LogP contribution in [0, 0.1) is 0 Å². The number of halogens is 2. The van der Waals surface area contributed by atoms with Gasteiger partial charge in [0.2, 0.25) is 0 Å². The van der Waals surface area contributed by atoms with Crippen molar-refractivity contribution in [2.24, 2.45) is 0 Å². The highest BCUT2D eigenvalue weighted by molar-refractivity contribution is 9.10. The van der Waals surface area contributed by atoms with E-state index in [1.54, 1.807) is 0 Å². The molecule has 0 radical (unpaired) electrons. The van der Waals surface area contributed by atoms with Gasteiger partial charge in [0, 0.05) is 10.4 Å². The van der Waals surface area contributed by atoms with E-state index in [-0.39, 0.29) is 0 Å². The number of hydrogen-bond acceptors (Lipinski definition) is 1. The topological polar surface area (TPSA) is 9.23 Å². The first kappa shape index (κ1) is 15.8. The van der Waals surface area contributed by atoms with Gasteiger partial charge in [-0.1, -0.05) is 55.0 Å². The molecule has 0 atom stereocenters. The standard InChI is InChI=1S/C15H22BrClO/c1-2-3-4-5-6-7-10-18-14-8-9-15(16)13(11-14)12-17/h8-9,11H,2-7,10,12H2,1H3. The summed E-state index contributed by atoms with van der Waals surface area (Å²) in [5.74, 6) is 1.43. The predicted molar refractivity (Wildman–Crippen MR) is 82.6 cm³/mol. The molecule has 0 aromatic heterocycles. The van der Waals surface area contributed by atoms with Crippen molar-refractivity contribution in [2.45, 2.75) is 51.3 Å². The molecule has 0 fully saturated rings. The van der Waals surface area contributed by atoms with Gasteiger partial charge in [-0.3, -0.25) is 0 Å². The predicted octanol–water partition coefficient (Wildman–Crippen LogP) is 5.93. The first-order chi connectivity index (χ1) is 8.77. The van der Waals surface area contributed by atoms with E-state index >= 15 is 0 Å². The van der Waals surface area contributed by atoms with Crippen LogP contribution in [-0.2, 0) is 5.88 Å². The molecule has 1 aromatic rings. The number of rotatable bonds is 9. The Labute approximate surface area is 124 Å². The molecule has 3 heteroatoms. The summed E-state index contributed by atoms with van der Waals surface area (Å²) in [6.45, 7) is 3.04. The molecule has 1 aromatic carbocycles. The fourth-order valence-corrected chi connectivity index (χ4v) is 2.59. The van der Waals surface area contributed by atoms with Crippen LogP contribution < -0.4 is 4.74 Å². The second-order valence-electron chi connectivity index (χ2n) is 4.50. The Balaban J connectivity index is 2.19. The number of ether oxygens (including phenoxy) is 1. The maximum atomic E-state index is 5.85. The second-order valence-corrected chi connectivity index (χ2v) is 5.62. The molecule has 0 saturated heterocycles. The third-order valence-electron chi connectivity index (χ3n) is 2.93. The minimum Gasteiger partial charge on any atom is -0.494 e. The molecule has 0 spiro atoms. The molecule has 0 bridgehead atoms. The van der Waals surface area contributed by atoms with Crippen molar-refractivity contribution in [3.8, 4) is 5.75 Å². The lowest BCUT2D eigenvalue weighted by molar-refractivity contribution is 0.304. The van der Waals surface area contributed by atoms with Crippen LogP contribution in [0.1, 0.15) is 51.0 Å². The fraction of sp³-hybridized carbons (Fsp3) is 0.600. The Morgan fingerprint density at radius 3 is 2.56 bits per heavy atom. The zero-order valence-electron chi connectivity index (χ0n) is 11.1. The molecular weight excluding hydrogens is 312 g/mol. The molecule has 0 aliphatic carbocycles. The van der Waals surface area contributed by atoms with Crippen molar-refractivity contribution < 1.29 is 4.74 Å². The highest BCUT2D eigenvalue weighted by Gasteiger charge is 2.01. The molecule has 0 aliphatic heterocycles. The van der Waals surface area contributed by atoms with E-state index in [2.05, 4.69) is 22.9 Å². The van der Waals surface area contributed by atoms with Gasteiger partial charge in [-0.15, -0.1) is 11.6 Å². The van der Waals surface area contributed by atoms with Gasteiger partial charge in [0.15, 0.2) is 0 Å². The third-order valence-corrected chi connectivity index (χ3v) is 3.99.